The summed E-state index contributed by atoms with van der Waals surface area (Å²) in [6.07, 6.45) is 5.17. The second-order valence-corrected chi connectivity index (χ2v) is 3.83. The van der Waals surface area contributed by atoms with Crippen LogP contribution in [0.4, 0.5) is 0 Å². The maximum atomic E-state index is 9.67. The van der Waals surface area contributed by atoms with E-state index < -0.39 is 0 Å². The van der Waals surface area contributed by atoms with Gasteiger partial charge in [-0.25, -0.2) is 0 Å². The predicted molar refractivity (Wildman–Crippen MR) is 38.5 cm³/mol. The minimum Gasteiger partial charge on any atom is -0.392 e. The molecule has 10 heavy (non-hydrogen) atoms. The molecule has 3 rings (SSSR count). The Bertz CT molecular complexity index is 195. The molecule has 0 saturated heterocycles. The van der Waals surface area contributed by atoms with Crippen molar-refractivity contribution >= 4 is 0 Å². The lowest BCUT2D eigenvalue weighted by atomic mass is 9.78. The van der Waals surface area contributed by atoms with Crippen LogP contribution < -0.4 is 0 Å². The normalized spacial score (nSPS) is 49.5. The Labute approximate surface area is 60.7 Å². The van der Waals surface area contributed by atoms with Gasteiger partial charge < -0.3 is 5.11 Å². The van der Waals surface area contributed by atoms with Crippen molar-refractivity contribution in [3.63, 3.8) is 0 Å². The highest BCUT2D eigenvalue weighted by Gasteiger charge is 2.49. The fourth-order valence-corrected chi connectivity index (χ4v) is 3.00. The number of fused-ring (bicyclic) bond motifs is 4. The highest BCUT2D eigenvalue weighted by atomic mass is 16.3. The van der Waals surface area contributed by atoms with E-state index in [1.165, 1.54) is 25.7 Å². The third-order valence-corrected chi connectivity index (χ3v) is 3.58. The molecule has 3 aliphatic rings. The van der Waals surface area contributed by atoms with Gasteiger partial charge in [0.05, 0.1) is 6.10 Å². The van der Waals surface area contributed by atoms with Gasteiger partial charge in [-0.05, 0) is 25.7 Å². The molecule has 1 N–H and O–H groups in total. The number of aliphatic hydroxyl groups is 1. The highest BCUT2D eigenvalue weighted by molar-refractivity contribution is 5.39. The summed E-state index contributed by atoms with van der Waals surface area (Å²) in [7, 11) is 0. The average Bonchev–Trinajstić information content (AvgIpc) is 2.21. The molecule has 2 bridgehead atoms. The van der Waals surface area contributed by atoms with Crippen molar-refractivity contribution < 1.29 is 5.11 Å². The summed E-state index contributed by atoms with van der Waals surface area (Å²) in [4.78, 5) is 0. The molecule has 0 aromatic heterocycles. The van der Waals surface area contributed by atoms with Gasteiger partial charge in [-0.3, -0.25) is 0 Å². The van der Waals surface area contributed by atoms with Crippen molar-refractivity contribution in [2.75, 3.05) is 0 Å². The third kappa shape index (κ3) is 0.392. The van der Waals surface area contributed by atoms with Gasteiger partial charge in [0.1, 0.15) is 0 Å². The van der Waals surface area contributed by atoms with Crippen molar-refractivity contribution in [1.29, 1.82) is 0 Å². The van der Waals surface area contributed by atoms with E-state index in [-0.39, 0.29) is 6.10 Å². The average molecular weight is 136 g/mol. The van der Waals surface area contributed by atoms with Crippen LogP contribution in [0.5, 0.6) is 0 Å². The summed E-state index contributed by atoms with van der Waals surface area (Å²) in [5, 5.41) is 9.67. The van der Waals surface area contributed by atoms with Gasteiger partial charge in [0, 0.05) is 11.8 Å². The second-order valence-electron chi connectivity index (χ2n) is 3.83. The van der Waals surface area contributed by atoms with Crippen LogP contribution in [0.25, 0.3) is 0 Å². The van der Waals surface area contributed by atoms with E-state index in [4.69, 9.17) is 0 Å². The fraction of sp³-hybridized carbons (Fsp3) is 0.778. The smallest absolute Gasteiger partial charge is 0.0670 e. The minimum absolute atomic E-state index is 0.0347. The van der Waals surface area contributed by atoms with Gasteiger partial charge >= 0.3 is 0 Å². The van der Waals surface area contributed by atoms with E-state index in [0.717, 1.165) is 0 Å². The van der Waals surface area contributed by atoms with Crippen molar-refractivity contribution in [3.8, 4) is 0 Å². The lowest BCUT2D eigenvalue weighted by Gasteiger charge is -2.26. The van der Waals surface area contributed by atoms with Crippen molar-refractivity contribution in [1.82, 2.24) is 0 Å². The zero-order chi connectivity index (χ0) is 6.72. The molecule has 1 saturated carbocycles. The third-order valence-electron chi connectivity index (χ3n) is 3.58. The number of hydrogen-bond acceptors (Lipinski definition) is 1. The maximum Gasteiger partial charge on any atom is 0.0670 e. The SMILES string of the molecule is OC1C2CCC1C1=C2CC1. The minimum atomic E-state index is 0.0347. The topological polar surface area (TPSA) is 20.2 Å². The number of hydrogen-bond donors (Lipinski definition) is 1. The van der Waals surface area contributed by atoms with Crippen molar-refractivity contribution in [2.24, 2.45) is 11.8 Å². The Morgan fingerprint density at radius 1 is 1.00 bits per heavy atom. The Kier molecular flexibility index (Phi) is 0.791. The first-order chi connectivity index (χ1) is 4.88. The molecular formula is C9H12O. The summed E-state index contributed by atoms with van der Waals surface area (Å²) < 4.78 is 0. The number of rotatable bonds is 0. The van der Waals surface area contributed by atoms with Crippen LogP contribution in [-0.4, -0.2) is 11.2 Å². The molecule has 1 nitrogen and oxygen atoms in total. The van der Waals surface area contributed by atoms with Gasteiger partial charge in [0.15, 0.2) is 0 Å². The van der Waals surface area contributed by atoms with Gasteiger partial charge in [-0.15, -0.1) is 0 Å². The van der Waals surface area contributed by atoms with Crippen molar-refractivity contribution in [3.05, 3.63) is 11.1 Å². The lowest BCUT2D eigenvalue weighted by molar-refractivity contribution is 0.134. The molecule has 54 valence electrons. The summed E-state index contributed by atoms with van der Waals surface area (Å²) in [6, 6.07) is 0. The van der Waals surface area contributed by atoms with Gasteiger partial charge in [0.2, 0.25) is 0 Å². The van der Waals surface area contributed by atoms with E-state index in [1.54, 1.807) is 11.1 Å². The molecule has 0 aromatic rings. The van der Waals surface area contributed by atoms with Crippen LogP contribution in [0.3, 0.4) is 0 Å². The molecule has 2 atom stereocenters. The van der Waals surface area contributed by atoms with E-state index in [1.807, 2.05) is 0 Å². The molecule has 0 amide bonds. The summed E-state index contributed by atoms with van der Waals surface area (Å²) in [5.74, 6) is 1.21. The molecule has 1 heteroatoms. The zero-order valence-electron chi connectivity index (χ0n) is 6.01. The molecule has 0 radical (unpaired) electrons. The van der Waals surface area contributed by atoms with E-state index >= 15 is 0 Å². The lowest BCUT2D eigenvalue weighted by Crippen LogP contribution is -2.13. The fourth-order valence-electron chi connectivity index (χ4n) is 3.00. The molecule has 0 heterocycles. The Balaban J connectivity index is 2.09. The van der Waals surface area contributed by atoms with Crippen LogP contribution in [0.1, 0.15) is 25.7 Å². The molecule has 0 spiro atoms. The summed E-state index contributed by atoms with van der Waals surface area (Å²) in [5.41, 5.74) is 3.28. The van der Waals surface area contributed by atoms with Crippen LogP contribution in [0.2, 0.25) is 0 Å². The molecule has 0 aromatic carbocycles. The quantitative estimate of drug-likeness (QED) is 0.500. The van der Waals surface area contributed by atoms with E-state index in [9.17, 15) is 5.11 Å². The maximum absolute atomic E-state index is 9.67. The van der Waals surface area contributed by atoms with E-state index in [2.05, 4.69) is 0 Å². The Hall–Kier alpha value is -0.300. The van der Waals surface area contributed by atoms with Crippen LogP contribution in [0, 0.1) is 11.8 Å². The van der Waals surface area contributed by atoms with Gasteiger partial charge in [0.25, 0.3) is 0 Å². The zero-order valence-corrected chi connectivity index (χ0v) is 6.01. The van der Waals surface area contributed by atoms with Crippen molar-refractivity contribution in [2.45, 2.75) is 31.8 Å². The first-order valence-corrected chi connectivity index (χ1v) is 4.28. The first-order valence-electron chi connectivity index (χ1n) is 4.28. The van der Waals surface area contributed by atoms with Crippen LogP contribution in [0.15, 0.2) is 11.1 Å². The predicted octanol–water partition coefficient (Wildman–Crippen LogP) is 1.48. The van der Waals surface area contributed by atoms with Gasteiger partial charge in [-0.1, -0.05) is 11.1 Å². The largest absolute Gasteiger partial charge is 0.392 e. The second kappa shape index (κ2) is 1.48. The highest BCUT2D eigenvalue weighted by Crippen LogP contribution is 2.56. The van der Waals surface area contributed by atoms with E-state index in [0.29, 0.717) is 11.8 Å². The van der Waals surface area contributed by atoms with Crippen LogP contribution in [-0.2, 0) is 0 Å². The molecular weight excluding hydrogens is 124 g/mol. The molecule has 3 aliphatic carbocycles. The molecule has 2 unspecified atom stereocenters. The number of aliphatic hydroxyl groups excluding tert-OH is 1. The Morgan fingerprint density at radius 3 is 1.80 bits per heavy atom. The van der Waals surface area contributed by atoms with Crippen LogP contribution >= 0.6 is 0 Å². The monoisotopic (exact) mass is 136 g/mol. The molecule has 1 fully saturated rings. The van der Waals surface area contributed by atoms with Gasteiger partial charge in [-0.2, -0.15) is 0 Å². The molecule has 0 aliphatic heterocycles. The summed E-state index contributed by atoms with van der Waals surface area (Å²) >= 11 is 0. The standard InChI is InChI=1S/C9H12O/c10-9-7-3-4-8(9)6-2-1-5(6)7/h7-10H,1-4H2. The Morgan fingerprint density at radius 2 is 1.50 bits per heavy atom. The summed E-state index contributed by atoms with van der Waals surface area (Å²) in [6.45, 7) is 0. The first kappa shape index (κ1) is 5.36.